The van der Waals surface area contributed by atoms with Gasteiger partial charge in [0, 0.05) is 11.6 Å². The Morgan fingerprint density at radius 1 is 1.43 bits per heavy atom. The van der Waals surface area contributed by atoms with Crippen LogP contribution in [0.5, 0.6) is 0 Å². The lowest BCUT2D eigenvalue weighted by Gasteiger charge is -2.19. The summed E-state index contributed by atoms with van der Waals surface area (Å²) < 4.78 is 13.9. The first kappa shape index (κ1) is 15.5. The predicted octanol–water partition coefficient (Wildman–Crippen LogP) is 2.30. The molecule has 1 amide bonds. The molecular weight excluding hydrogens is 267 g/mol. The Morgan fingerprint density at radius 2 is 2.19 bits per heavy atom. The standard InChI is InChI=1S/C17H21FN2O/c1-11-5-8-16(12(11)2)20-17(21)14-10-13(4-3-9-19)6-7-15(14)18/h6-7,10-12,16H,5,8-9,19H2,1-2H3,(H,20,21). The van der Waals surface area contributed by atoms with Gasteiger partial charge < -0.3 is 11.1 Å². The Balaban J connectivity index is 2.15. The van der Waals surface area contributed by atoms with Crippen LogP contribution in [0.3, 0.4) is 0 Å². The highest BCUT2D eigenvalue weighted by atomic mass is 19.1. The van der Waals surface area contributed by atoms with Gasteiger partial charge in [0.2, 0.25) is 0 Å². The van der Waals surface area contributed by atoms with Crippen LogP contribution in [0.1, 0.15) is 42.6 Å². The van der Waals surface area contributed by atoms with Crippen LogP contribution in [0.25, 0.3) is 0 Å². The zero-order valence-corrected chi connectivity index (χ0v) is 12.4. The number of hydrogen-bond donors (Lipinski definition) is 2. The fourth-order valence-corrected chi connectivity index (χ4v) is 2.74. The molecule has 21 heavy (non-hydrogen) atoms. The summed E-state index contributed by atoms with van der Waals surface area (Å²) in [5.41, 5.74) is 5.96. The Morgan fingerprint density at radius 3 is 2.81 bits per heavy atom. The van der Waals surface area contributed by atoms with Crippen molar-refractivity contribution in [1.29, 1.82) is 0 Å². The van der Waals surface area contributed by atoms with Gasteiger partial charge in [-0.1, -0.05) is 25.7 Å². The summed E-state index contributed by atoms with van der Waals surface area (Å²) in [5.74, 6) is 5.62. The molecule has 3 nitrogen and oxygen atoms in total. The highest BCUT2D eigenvalue weighted by molar-refractivity contribution is 5.95. The van der Waals surface area contributed by atoms with E-state index in [9.17, 15) is 9.18 Å². The van der Waals surface area contributed by atoms with Crippen LogP contribution in [-0.4, -0.2) is 18.5 Å². The van der Waals surface area contributed by atoms with E-state index in [1.807, 2.05) is 0 Å². The fraction of sp³-hybridized carbons (Fsp3) is 0.471. The van der Waals surface area contributed by atoms with E-state index in [0.717, 1.165) is 12.8 Å². The van der Waals surface area contributed by atoms with E-state index in [4.69, 9.17) is 5.73 Å². The average molecular weight is 288 g/mol. The number of carbonyl (C=O) groups is 1. The largest absolute Gasteiger partial charge is 0.349 e. The molecule has 0 spiro atoms. The Labute approximate surface area is 125 Å². The Kier molecular flexibility index (Phi) is 4.98. The Hall–Kier alpha value is -1.86. The van der Waals surface area contributed by atoms with Crippen LogP contribution in [0.2, 0.25) is 0 Å². The van der Waals surface area contributed by atoms with Crippen molar-refractivity contribution in [2.75, 3.05) is 6.54 Å². The number of carbonyl (C=O) groups excluding carboxylic acids is 1. The lowest BCUT2D eigenvalue weighted by atomic mass is 9.97. The maximum Gasteiger partial charge on any atom is 0.254 e. The van der Waals surface area contributed by atoms with Crippen LogP contribution < -0.4 is 11.1 Å². The van der Waals surface area contributed by atoms with Crippen LogP contribution in [0, 0.1) is 29.5 Å². The molecule has 1 fully saturated rings. The highest BCUT2D eigenvalue weighted by Gasteiger charge is 2.31. The SMILES string of the molecule is CC1CCC(NC(=O)c2cc(C#CCN)ccc2F)C1C. The Bertz CT molecular complexity index is 588. The van der Waals surface area contributed by atoms with Gasteiger partial charge in [-0.2, -0.15) is 0 Å². The number of hydrogen-bond acceptors (Lipinski definition) is 2. The van der Waals surface area contributed by atoms with E-state index in [-0.39, 0.29) is 24.1 Å². The van der Waals surface area contributed by atoms with Crippen molar-refractivity contribution in [1.82, 2.24) is 5.32 Å². The fourth-order valence-electron chi connectivity index (χ4n) is 2.74. The molecule has 0 saturated heterocycles. The normalized spacial score (nSPS) is 24.3. The average Bonchev–Trinajstić information content (AvgIpc) is 2.78. The third kappa shape index (κ3) is 3.62. The molecule has 112 valence electrons. The van der Waals surface area contributed by atoms with Gasteiger partial charge in [-0.05, 0) is 42.9 Å². The molecule has 0 bridgehead atoms. The molecule has 1 aliphatic carbocycles. The molecule has 1 aromatic carbocycles. The lowest BCUT2D eigenvalue weighted by Crippen LogP contribution is -2.37. The van der Waals surface area contributed by atoms with E-state index in [1.54, 1.807) is 6.07 Å². The second-order valence-electron chi connectivity index (χ2n) is 5.69. The number of halogens is 1. The molecule has 0 aromatic heterocycles. The van der Waals surface area contributed by atoms with E-state index < -0.39 is 5.82 Å². The molecular formula is C17H21FN2O. The summed E-state index contributed by atoms with van der Waals surface area (Å²) in [7, 11) is 0. The van der Waals surface area contributed by atoms with Gasteiger partial charge in [0.15, 0.2) is 0 Å². The van der Waals surface area contributed by atoms with Gasteiger partial charge in [0.05, 0.1) is 12.1 Å². The molecule has 2 rings (SSSR count). The maximum absolute atomic E-state index is 13.9. The van der Waals surface area contributed by atoms with Crippen molar-refractivity contribution in [3.8, 4) is 11.8 Å². The number of amides is 1. The minimum atomic E-state index is -0.524. The van der Waals surface area contributed by atoms with Gasteiger partial charge in [-0.15, -0.1) is 0 Å². The van der Waals surface area contributed by atoms with Crippen LogP contribution in [0.15, 0.2) is 18.2 Å². The molecule has 1 aromatic rings. The van der Waals surface area contributed by atoms with Crippen molar-refractivity contribution < 1.29 is 9.18 Å². The summed E-state index contributed by atoms with van der Waals surface area (Å²) in [4.78, 5) is 12.3. The molecule has 1 saturated carbocycles. The number of nitrogens with two attached hydrogens (primary N) is 1. The van der Waals surface area contributed by atoms with Gasteiger partial charge in [0.1, 0.15) is 5.82 Å². The number of nitrogens with one attached hydrogen (secondary N) is 1. The molecule has 3 unspecified atom stereocenters. The van der Waals surface area contributed by atoms with Gasteiger partial charge >= 0.3 is 0 Å². The van der Waals surface area contributed by atoms with E-state index >= 15 is 0 Å². The minimum Gasteiger partial charge on any atom is -0.349 e. The number of rotatable bonds is 2. The molecule has 0 heterocycles. The van der Waals surface area contributed by atoms with Crippen molar-refractivity contribution in [3.63, 3.8) is 0 Å². The lowest BCUT2D eigenvalue weighted by molar-refractivity contribution is 0.0923. The van der Waals surface area contributed by atoms with E-state index in [0.29, 0.717) is 17.4 Å². The summed E-state index contributed by atoms with van der Waals surface area (Å²) in [5, 5.41) is 2.95. The van der Waals surface area contributed by atoms with Crippen LogP contribution in [-0.2, 0) is 0 Å². The summed E-state index contributed by atoms with van der Waals surface area (Å²) >= 11 is 0. The van der Waals surface area contributed by atoms with Crippen LogP contribution >= 0.6 is 0 Å². The summed E-state index contributed by atoms with van der Waals surface area (Å²) in [6.45, 7) is 4.54. The second kappa shape index (κ2) is 6.73. The van der Waals surface area contributed by atoms with Crippen molar-refractivity contribution in [2.45, 2.75) is 32.7 Å². The predicted molar refractivity (Wildman–Crippen MR) is 81.1 cm³/mol. The quantitative estimate of drug-likeness (QED) is 0.820. The molecule has 1 aliphatic rings. The minimum absolute atomic E-state index is 0.0468. The first-order valence-electron chi connectivity index (χ1n) is 7.32. The molecule has 0 aliphatic heterocycles. The number of benzene rings is 1. The smallest absolute Gasteiger partial charge is 0.254 e. The second-order valence-corrected chi connectivity index (χ2v) is 5.69. The maximum atomic E-state index is 13.9. The molecule has 0 radical (unpaired) electrons. The first-order valence-corrected chi connectivity index (χ1v) is 7.32. The first-order chi connectivity index (χ1) is 10.0. The van der Waals surface area contributed by atoms with Crippen LogP contribution in [0.4, 0.5) is 4.39 Å². The van der Waals surface area contributed by atoms with Gasteiger partial charge in [0.25, 0.3) is 5.91 Å². The summed E-state index contributed by atoms with van der Waals surface area (Å²) in [6.07, 6.45) is 2.04. The van der Waals surface area contributed by atoms with Crippen molar-refractivity contribution >= 4 is 5.91 Å². The van der Waals surface area contributed by atoms with Gasteiger partial charge in [-0.25, -0.2) is 4.39 Å². The van der Waals surface area contributed by atoms with E-state index in [2.05, 4.69) is 31.0 Å². The third-order valence-corrected chi connectivity index (χ3v) is 4.33. The molecule has 3 atom stereocenters. The topological polar surface area (TPSA) is 55.1 Å². The molecule has 4 heteroatoms. The third-order valence-electron chi connectivity index (χ3n) is 4.33. The summed E-state index contributed by atoms with van der Waals surface area (Å²) in [6, 6.07) is 4.42. The van der Waals surface area contributed by atoms with Gasteiger partial charge in [-0.3, -0.25) is 4.79 Å². The van der Waals surface area contributed by atoms with E-state index in [1.165, 1.54) is 12.1 Å². The van der Waals surface area contributed by atoms with Crippen molar-refractivity contribution in [2.24, 2.45) is 17.6 Å². The monoisotopic (exact) mass is 288 g/mol. The zero-order valence-electron chi connectivity index (χ0n) is 12.4. The van der Waals surface area contributed by atoms with Crippen molar-refractivity contribution in [3.05, 3.63) is 35.1 Å². The zero-order chi connectivity index (χ0) is 15.4. The highest BCUT2D eigenvalue weighted by Crippen LogP contribution is 2.31. The molecule has 3 N–H and O–H groups in total.